The first-order valence-electron chi connectivity index (χ1n) is 16.1. The van der Waals surface area contributed by atoms with Crippen molar-refractivity contribution >= 4 is 23.5 Å². The molecule has 4 aliphatic carbocycles. The van der Waals surface area contributed by atoms with Crippen LogP contribution in [0.4, 0.5) is 4.39 Å². The predicted molar refractivity (Wildman–Crippen MR) is 161 cm³/mol. The standard InChI is InChI=1S/C31H41FN2O16/c1-28-8-7-20(35)14-19(28)5-6-21-22-15-23(36)31(29(22,2)16-24(37)30(21,28)32,50-26(39)4-3-9-48-33(41)42)25(38)17-47-27(40)18-46-11-10-45-12-13-49-34(43)44/h5,7-8,21-24,36-37H,3-4,6,9-18H2,1-2H3/t21?,22?,23-,24+,28+,29+,30+,31+/m1/s1. The lowest BCUT2D eigenvalue weighted by Gasteiger charge is -2.62. The van der Waals surface area contributed by atoms with Crippen LogP contribution in [-0.4, -0.2) is 114 Å². The Morgan fingerprint density at radius 2 is 1.60 bits per heavy atom. The number of carbonyl (C=O) groups excluding carboxylic acids is 4. The lowest BCUT2D eigenvalue weighted by atomic mass is 9.45. The number of rotatable bonds is 18. The molecular formula is C31H41FN2O16. The highest BCUT2D eigenvalue weighted by Crippen LogP contribution is 2.69. The first kappa shape index (κ1) is 38.7. The zero-order valence-corrected chi connectivity index (χ0v) is 27.6. The van der Waals surface area contributed by atoms with Crippen molar-refractivity contribution in [2.45, 2.75) is 75.9 Å². The quantitative estimate of drug-likeness (QED) is 0.0658. The summed E-state index contributed by atoms with van der Waals surface area (Å²) in [6.07, 6.45) is -0.325. The Hall–Kier alpha value is -4.07. The van der Waals surface area contributed by atoms with Crippen molar-refractivity contribution in [1.29, 1.82) is 0 Å². The molecule has 0 heterocycles. The maximum Gasteiger partial charge on any atom is 0.332 e. The number of allylic oxidation sites excluding steroid dienone is 4. The fraction of sp³-hybridized carbons (Fsp3) is 0.742. The van der Waals surface area contributed by atoms with Gasteiger partial charge in [-0.1, -0.05) is 24.6 Å². The normalized spacial score (nSPS) is 34.0. The number of alkyl halides is 1. The van der Waals surface area contributed by atoms with E-state index in [-0.39, 0.29) is 57.9 Å². The Bertz CT molecular complexity index is 1420. The molecule has 8 atom stereocenters. The van der Waals surface area contributed by atoms with Gasteiger partial charge in [-0.05, 0) is 44.6 Å². The van der Waals surface area contributed by atoms with E-state index < -0.39 is 107 Å². The predicted octanol–water partition coefficient (Wildman–Crippen LogP) is 0.952. The van der Waals surface area contributed by atoms with Gasteiger partial charge in [-0.3, -0.25) is 14.4 Å². The van der Waals surface area contributed by atoms with Gasteiger partial charge in [0.1, 0.15) is 19.3 Å². The third-order valence-electron chi connectivity index (χ3n) is 10.6. The van der Waals surface area contributed by atoms with Crippen LogP contribution in [0.1, 0.15) is 52.4 Å². The lowest BCUT2D eigenvalue weighted by Crippen LogP contribution is -2.70. The van der Waals surface area contributed by atoms with E-state index in [4.69, 9.17) is 18.9 Å². The van der Waals surface area contributed by atoms with Crippen LogP contribution in [0.2, 0.25) is 0 Å². The van der Waals surface area contributed by atoms with Crippen LogP contribution in [0.15, 0.2) is 23.8 Å². The van der Waals surface area contributed by atoms with Crippen molar-refractivity contribution in [2.24, 2.45) is 22.7 Å². The van der Waals surface area contributed by atoms with Gasteiger partial charge in [0, 0.05) is 29.6 Å². The largest absolute Gasteiger partial charge is 0.456 e. The summed E-state index contributed by atoms with van der Waals surface area (Å²) in [7, 11) is 0. The molecule has 0 spiro atoms. The molecule has 0 saturated heterocycles. The van der Waals surface area contributed by atoms with Gasteiger partial charge >= 0.3 is 11.9 Å². The number of halogens is 1. The number of nitrogens with zero attached hydrogens (tertiary/aromatic N) is 2. The molecule has 4 aliphatic rings. The molecular weight excluding hydrogens is 675 g/mol. The second-order valence-corrected chi connectivity index (χ2v) is 13.2. The molecule has 0 aromatic carbocycles. The Morgan fingerprint density at radius 3 is 2.30 bits per heavy atom. The SMILES string of the molecule is C[C@]12C=CC(=O)CC1=CCC1C3C[C@@H](O)[C@](OC(=O)CCCO[N+](=O)[O-])(C(=O)COC(=O)COCCOCCO[N+](=O)[O-])[C@@]3(C)C[C@H](O)[C@@]12F. The summed E-state index contributed by atoms with van der Waals surface area (Å²) in [6, 6.07) is 0. The van der Waals surface area contributed by atoms with E-state index >= 15 is 4.39 Å². The van der Waals surface area contributed by atoms with Crippen LogP contribution in [0, 0.1) is 42.9 Å². The molecule has 2 N–H and O–H groups in total. The number of hydrogen-bond donors (Lipinski definition) is 2. The van der Waals surface area contributed by atoms with Crippen LogP contribution in [-0.2, 0) is 47.8 Å². The monoisotopic (exact) mass is 716 g/mol. The van der Waals surface area contributed by atoms with Crippen LogP contribution < -0.4 is 0 Å². The number of esters is 2. The van der Waals surface area contributed by atoms with Crippen molar-refractivity contribution in [3.8, 4) is 0 Å². The van der Waals surface area contributed by atoms with E-state index in [9.17, 15) is 49.6 Å². The molecule has 0 aromatic heterocycles. The average molecular weight is 717 g/mol. The van der Waals surface area contributed by atoms with Crippen molar-refractivity contribution in [1.82, 2.24) is 0 Å². The number of ether oxygens (including phenoxy) is 4. The van der Waals surface area contributed by atoms with Gasteiger partial charge in [-0.25, -0.2) is 9.18 Å². The number of hydrogen-bond acceptors (Lipinski definition) is 16. The second kappa shape index (κ2) is 15.4. The number of ketones is 2. The molecule has 2 fully saturated rings. The summed E-state index contributed by atoms with van der Waals surface area (Å²) in [5.74, 6) is -5.14. The van der Waals surface area contributed by atoms with E-state index in [0.717, 1.165) is 0 Å². The van der Waals surface area contributed by atoms with Gasteiger partial charge in [0.05, 0.1) is 32.5 Å². The summed E-state index contributed by atoms with van der Waals surface area (Å²) in [5.41, 5.74) is -7.20. The molecule has 0 amide bonds. The van der Waals surface area contributed by atoms with Gasteiger partial charge in [-0.15, -0.1) is 20.2 Å². The van der Waals surface area contributed by atoms with Crippen molar-refractivity contribution < 1.29 is 72.6 Å². The fourth-order valence-corrected chi connectivity index (χ4v) is 8.29. The summed E-state index contributed by atoms with van der Waals surface area (Å²) in [6.45, 7) is 0.411. The van der Waals surface area contributed by atoms with E-state index in [0.29, 0.717) is 5.57 Å². The summed E-state index contributed by atoms with van der Waals surface area (Å²) in [5, 5.41) is 41.9. The zero-order valence-electron chi connectivity index (χ0n) is 27.6. The maximum absolute atomic E-state index is 17.6. The van der Waals surface area contributed by atoms with Crippen LogP contribution in [0.5, 0.6) is 0 Å². The summed E-state index contributed by atoms with van der Waals surface area (Å²) in [4.78, 5) is 80.9. The van der Waals surface area contributed by atoms with Gasteiger partial charge in [-0.2, -0.15) is 0 Å². The highest BCUT2D eigenvalue weighted by Gasteiger charge is 2.77. The Morgan fingerprint density at radius 1 is 0.940 bits per heavy atom. The number of Topliss-reactive ketones (excluding diaryl/α,β-unsaturated/α-hetero) is 1. The molecule has 0 aromatic rings. The fourth-order valence-electron chi connectivity index (χ4n) is 8.29. The highest BCUT2D eigenvalue weighted by atomic mass is 19.1. The molecule has 0 aliphatic heterocycles. The number of carbonyl (C=O) groups is 4. The second-order valence-electron chi connectivity index (χ2n) is 13.2. The molecule has 18 nitrogen and oxygen atoms in total. The molecule has 0 bridgehead atoms. The van der Waals surface area contributed by atoms with Gasteiger partial charge < -0.3 is 38.8 Å². The molecule has 4 rings (SSSR count). The Balaban J connectivity index is 1.53. The first-order chi connectivity index (χ1) is 23.5. The number of aliphatic hydroxyl groups is 2. The zero-order chi connectivity index (χ0) is 36.9. The van der Waals surface area contributed by atoms with Crippen molar-refractivity contribution in [2.75, 3.05) is 46.2 Å². The smallest absolute Gasteiger partial charge is 0.332 e. The highest BCUT2D eigenvalue weighted by molar-refractivity contribution is 5.95. The third kappa shape index (κ3) is 7.22. The first-order valence-corrected chi connectivity index (χ1v) is 16.1. The molecule has 50 heavy (non-hydrogen) atoms. The van der Waals surface area contributed by atoms with E-state index in [1.807, 2.05) is 0 Å². The minimum Gasteiger partial charge on any atom is -0.456 e. The summed E-state index contributed by atoms with van der Waals surface area (Å²) < 4.78 is 38.6. The van der Waals surface area contributed by atoms with Crippen molar-refractivity contribution in [3.05, 3.63) is 44.0 Å². The molecule has 0 radical (unpaired) electrons. The maximum atomic E-state index is 17.6. The van der Waals surface area contributed by atoms with Crippen LogP contribution >= 0.6 is 0 Å². The Labute approximate surface area is 285 Å². The van der Waals surface area contributed by atoms with Crippen LogP contribution in [0.3, 0.4) is 0 Å². The van der Waals surface area contributed by atoms with Gasteiger partial charge in [0.2, 0.25) is 11.4 Å². The third-order valence-corrected chi connectivity index (χ3v) is 10.6. The number of aliphatic hydroxyl groups excluding tert-OH is 2. The van der Waals surface area contributed by atoms with Crippen molar-refractivity contribution in [3.63, 3.8) is 0 Å². The summed E-state index contributed by atoms with van der Waals surface area (Å²) >= 11 is 0. The van der Waals surface area contributed by atoms with Crippen LogP contribution in [0.25, 0.3) is 0 Å². The number of fused-ring (bicyclic) bond motifs is 5. The Kier molecular flexibility index (Phi) is 12.0. The van der Waals surface area contributed by atoms with E-state index in [1.165, 1.54) is 19.1 Å². The van der Waals surface area contributed by atoms with E-state index in [1.54, 1.807) is 13.0 Å². The minimum atomic E-state index is -2.43. The van der Waals surface area contributed by atoms with Gasteiger partial charge in [0.15, 0.2) is 18.1 Å². The van der Waals surface area contributed by atoms with Gasteiger partial charge in [0.25, 0.3) is 10.2 Å². The molecule has 2 unspecified atom stereocenters. The molecule has 19 heteroatoms. The topological polar surface area (TPSA) is 250 Å². The molecule has 2 saturated carbocycles. The lowest BCUT2D eigenvalue weighted by molar-refractivity contribution is -0.758. The minimum absolute atomic E-state index is 0.0239. The van der Waals surface area contributed by atoms with E-state index in [2.05, 4.69) is 9.68 Å². The average Bonchev–Trinajstić information content (AvgIpc) is 3.26. The molecule has 278 valence electrons.